The first kappa shape index (κ1) is 21.6. The Morgan fingerprint density at radius 2 is 1.68 bits per heavy atom. The van der Waals surface area contributed by atoms with E-state index in [1.165, 1.54) is 0 Å². The molecule has 0 fully saturated rings. The molecule has 0 spiro atoms. The lowest BCUT2D eigenvalue weighted by molar-refractivity contribution is -0.135. The maximum absolute atomic E-state index is 13.3. The Balaban J connectivity index is 1.30. The lowest BCUT2D eigenvalue weighted by Crippen LogP contribution is -2.21. The lowest BCUT2D eigenvalue weighted by Gasteiger charge is -2.26. The number of methoxy groups -OCH3 is 1. The average molecular weight is 500 g/mol. The zero-order valence-electron chi connectivity index (χ0n) is 19.7. The van der Waals surface area contributed by atoms with Crippen molar-refractivity contribution in [2.24, 2.45) is 0 Å². The van der Waals surface area contributed by atoms with Gasteiger partial charge in [0.2, 0.25) is 18.3 Å². The van der Waals surface area contributed by atoms with Crippen molar-refractivity contribution in [1.29, 1.82) is 0 Å². The molecule has 0 amide bonds. The first-order chi connectivity index (χ1) is 18.1. The monoisotopic (exact) mass is 500 g/mol. The molecule has 4 heterocycles. The number of hydrogen-bond donors (Lipinski definition) is 0. The van der Waals surface area contributed by atoms with E-state index in [0.717, 1.165) is 11.1 Å². The molecule has 0 N–H and O–H groups in total. The maximum atomic E-state index is 13.3. The molecule has 186 valence electrons. The van der Waals surface area contributed by atoms with Gasteiger partial charge in [-0.25, -0.2) is 0 Å². The molecule has 4 aliphatic heterocycles. The van der Waals surface area contributed by atoms with Gasteiger partial charge in [-0.1, -0.05) is 6.07 Å². The number of hydrogen-bond acceptors (Lipinski definition) is 9. The van der Waals surface area contributed by atoms with Crippen LogP contribution in [0.15, 0.2) is 48.2 Å². The van der Waals surface area contributed by atoms with Crippen LogP contribution in [-0.2, 0) is 4.79 Å². The van der Waals surface area contributed by atoms with Crippen LogP contribution in [0.5, 0.6) is 40.2 Å². The summed E-state index contributed by atoms with van der Waals surface area (Å²) >= 11 is 0. The highest BCUT2D eigenvalue weighted by Crippen LogP contribution is 2.52. The Hall–Kier alpha value is -4.66. The summed E-state index contributed by atoms with van der Waals surface area (Å²) in [5.74, 6) is 2.61. The molecule has 9 heteroatoms. The minimum absolute atomic E-state index is 0.0605. The molecule has 1 atom stereocenters. The van der Waals surface area contributed by atoms with Crippen molar-refractivity contribution in [2.75, 3.05) is 27.1 Å². The van der Waals surface area contributed by atoms with Crippen molar-refractivity contribution < 1.29 is 42.7 Å². The van der Waals surface area contributed by atoms with Crippen LogP contribution in [0.4, 0.5) is 0 Å². The molecule has 0 saturated carbocycles. The minimum atomic E-state index is -0.448. The first-order valence-electron chi connectivity index (χ1n) is 11.8. The van der Waals surface area contributed by atoms with Gasteiger partial charge in [0.05, 0.1) is 19.1 Å². The summed E-state index contributed by atoms with van der Waals surface area (Å²) in [5, 5.41) is 0. The number of ketones is 1. The molecule has 3 aromatic carbocycles. The van der Waals surface area contributed by atoms with E-state index in [1.54, 1.807) is 37.5 Å². The van der Waals surface area contributed by atoms with Gasteiger partial charge >= 0.3 is 5.97 Å². The fourth-order valence-electron chi connectivity index (χ4n) is 5.04. The van der Waals surface area contributed by atoms with Gasteiger partial charge in [0.1, 0.15) is 24.7 Å². The Morgan fingerprint density at radius 3 is 2.54 bits per heavy atom. The second kappa shape index (κ2) is 8.19. The summed E-state index contributed by atoms with van der Waals surface area (Å²) in [6, 6.07) is 12.3. The third-order valence-electron chi connectivity index (χ3n) is 6.73. The quantitative estimate of drug-likeness (QED) is 0.297. The summed E-state index contributed by atoms with van der Waals surface area (Å²) in [4.78, 5) is 25.9. The Bertz CT molecular complexity index is 1520. The van der Waals surface area contributed by atoms with Crippen LogP contribution in [0.25, 0.3) is 6.08 Å². The third kappa shape index (κ3) is 3.46. The Kier molecular flexibility index (Phi) is 4.78. The van der Waals surface area contributed by atoms with Gasteiger partial charge in [0.25, 0.3) is 0 Å². The largest absolute Gasteiger partial charge is 0.493 e. The van der Waals surface area contributed by atoms with Gasteiger partial charge in [-0.15, -0.1) is 0 Å². The molecule has 9 nitrogen and oxygen atoms in total. The molecule has 0 aliphatic carbocycles. The van der Waals surface area contributed by atoms with E-state index in [4.69, 9.17) is 33.2 Å². The minimum Gasteiger partial charge on any atom is -0.493 e. The average Bonchev–Trinajstić information content (AvgIpc) is 3.52. The van der Waals surface area contributed by atoms with Crippen LogP contribution < -0.4 is 33.2 Å². The number of ether oxygens (including phenoxy) is 7. The highest BCUT2D eigenvalue weighted by molar-refractivity contribution is 6.15. The molecule has 7 rings (SSSR count). The number of carbonyl (C=O) groups is 2. The predicted octanol–water partition coefficient (Wildman–Crippen LogP) is 4.25. The number of carbonyl (C=O) groups excluding carboxylic acids is 2. The summed E-state index contributed by atoms with van der Waals surface area (Å²) in [7, 11) is 1.54. The lowest BCUT2D eigenvalue weighted by atomic mass is 9.84. The summed E-state index contributed by atoms with van der Waals surface area (Å²) in [6.07, 6.45) is 1.73. The van der Waals surface area contributed by atoms with Crippen molar-refractivity contribution in [3.8, 4) is 40.2 Å². The molecule has 0 saturated heterocycles. The zero-order chi connectivity index (χ0) is 25.1. The van der Waals surface area contributed by atoms with E-state index in [2.05, 4.69) is 0 Å². The normalized spacial score (nSPS) is 19.7. The Labute approximate surface area is 211 Å². The molecule has 0 aromatic heterocycles. The van der Waals surface area contributed by atoms with Crippen molar-refractivity contribution in [3.63, 3.8) is 0 Å². The number of benzene rings is 3. The fourth-order valence-corrected chi connectivity index (χ4v) is 5.04. The van der Waals surface area contributed by atoms with Crippen LogP contribution in [0.1, 0.15) is 39.4 Å². The molecule has 0 unspecified atom stereocenters. The van der Waals surface area contributed by atoms with E-state index < -0.39 is 5.92 Å². The van der Waals surface area contributed by atoms with E-state index >= 15 is 0 Å². The summed E-state index contributed by atoms with van der Waals surface area (Å²) in [6.45, 7) is 1.04. The SMILES string of the molecule is COc1cc([C@H]2CC(=O)Oc3ccc4c(c32)O/C(=C\c2ccc3c(c2)OCCO3)C4=O)cc2c1OCO2. The van der Waals surface area contributed by atoms with Crippen LogP contribution in [0.2, 0.25) is 0 Å². The predicted molar refractivity (Wildman–Crippen MR) is 128 cm³/mol. The smallest absolute Gasteiger partial charge is 0.312 e. The van der Waals surface area contributed by atoms with Crippen molar-refractivity contribution in [1.82, 2.24) is 0 Å². The molecular formula is C28H20O9. The van der Waals surface area contributed by atoms with Crippen molar-refractivity contribution in [3.05, 3.63) is 70.5 Å². The van der Waals surface area contributed by atoms with Gasteiger partial charge in [-0.05, 0) is 53.6 Å². The topological polar surface area (TPSA) is 98.8 Å². The number of fused-ring (bicyclic) bond motifs is 5. The van der Waals surface area contributed by atoms with Gasteiger partial charge in [0, 0.05) is 11.5 Å². The van der Waals surface area contributed by atoms with Gasteiger partial charge in [-0.3, -0.25) is 9.59 Å². The Morgan fingerprint density at radius 1 is 0.838 bits per heavy atom. The van der Waals surface area contributed by atoms with E-state index in [0.29, 0.717) is 64.6 Å². The number of esters is 1. The maximum Gasteiger partial charge on any atom is 0.312 e. The second-order valence-electron chi connectivity index (χ2n) is 8.88. The molecule has 4 aliphatic rings. The summed E-state index contributed by atoms with van der Waals surface area (Å²) < 4.78 is 39.5. The van der Waals surface area contributed by atoms with Crippen molar-refractivity contribution >= 4 is 17.8 Å². The van der Waals surface area contributed by atoms with Crippen LogP contribution in [-0.4, -0.2) is 38.9 Å². The van der Waals surface area contributed by atoms with Crippen LogP contribution in [0, 0.1) is 0 Å². The van der Waals surface area contributed by atoms with Gasteiger partial charge < -0.3 is 33.2 Å². The number of rotatable bonds is 3. The molecular weight excluding hydrogens is 480 g/mol. The number of allylic oxidation sites excluding steroid dienone is 1. The molecule has 37 heavy (non-hydrogen) atoms. The zero-order valence-corrected chi connectivity index (χ0v) is 19.7. The highest BCUT2D eigenvalue weighted by Gasteiger charge is 2.39. The van der Waals surface area contributed by atoms with E-state index in [-0.39, 0.29) is 30.7 Å². The van der Waals surface area contributed by atoms with Crippen molar-refractivity contribution in [2.45, 2.75) is 12.3 Å². The molecule has 0 bridgehead atoms. The highest BCUT2D eigenvalue weighted by atomic mass is 16.7. The summed E-state index contributed by atoms with van der Waals surface area (Å²) in [5.41, 5.74) is 2.51. The van der Waals surface area contributed by atoms with E-state index in [9.17, 15) is 9.59 Å². The molecule has 3 aromatic rings. The second-order valence-corrected chi connectivity index (χ2v) is 8.88. The first-order valence-corrected chi connectivity index (χ1v) is 11.8. The van der Waals surface area contributed by atoms with E-state index in [1.807, 2.05) is 18.2 Å². The van der Waals surface area contributed by atoms with Crippen LogP contribution in [0.3, 0.4) is 0 Å². The fraction of sp³-hybridized carbons (Fsp3) is 0.214. The number of Topliss-reactive ketones (excluding diaryl/α,β-unsaturated/α-hetero) is 1. The van der Waals surface area contributed by atoms with Gasteiger partial charge in [-0.2, -0.15) is 0 Å². The van der Waals surface area contributed by atoms with Gasteiger partial charge in [0.15, 0.2) is 28.8 Å². The third-order valence-corrected chi connectivity index (χ3v) is 6.73. The standard InChI is InChI=1S/C28H20O9/c1-31-22-10-15(11-23-28(22)35-13-34-23)17-12-24(29)36-19-5-3-16-26(30)21(37-27(16)25(17)19)9-14-2-4-18-20(8-14)33-7-6-32-18/h2-5,8-11,17H,6-7,12-13H2,1H3/b21-9-/t17-/m1/s1. The molecule has 0 radical (unpaired) electrons. The van der Waals surface area contributed by atoms with Crippen LogP contribution >= 0.6 is 0 Å².